The van der Waals surface area contributed by atoms with Gasteiger partial charge in [0.15, 0.2) is 17.2 Å². The van der Waals surface area contributed by atoms with Crippen LogP contribution in [0.1, 0.15) is 121 Å². The van der Waals surface area contributed by atoms with E-state index in [-0.39, 0.29) is 24.0 Å². The van der Waals surface area contributed by atoms with Crippen molar-refractivity contribution >= 4 is 25.4 Å². The van der Waals surface area contributed by atoms with Gasteiger partial charge in [0.25, 0.3) is 0 Å². The third kappa shape index (κ3) is 14.3. The maximum absolute atomic E-state index is 13.1. The molecule has 0 aliphatic carbocycles. The molecule has 0 saturated carbocycles. The van der Waals surface area contributed by atoms with E-state index in [2.05, 4.69) is 32.0 Å². The molecule has 57 heavy (non-hydrogen) atoms. The number of anilines is 1. The van der Waals surface area contributed by atoms with Crippen molar-refractivity contribution in [3.05, 3.63) is 42.4 Å². The number of fused-ring (bicyclic) bond motifs is 1. The van der Waals surface area contributed by atoms with Gasteiger partial charge in [-0.15, -0.1) is 0 Å². The average molecular weight is 817 g/mol. The lowest BCUT2D eigenvalue weighted by Gasteiger charge is -2.27. The van der Waals surface area contributed by atoms with E-state index >= 15 is 0 Å². The number of hydrogen-bond donors (Lipinski definition) is 4. The van der Waals surface area contributed by atoms with Gasteiger partial charge in [0.05, 0.1) is 37.9 Å². The van der Waals surface area contributed by atoms with Gasteiger partial charge in [-0.3, -0.25) is 14.0 Å². The first-order valence-corrected chi connectivity index (χ1v) is 21.8. The summed E-state index contributed by atoms with van der Waals surface area (Å²) in [5.74, 6) is 0.352. The predicted octanol–water partition coefficient (Wildman–Crippen LogP) is 5.85. The topological polar surface area (TPSA) is 242 Å². The summed E-state index contributed by atoms with van der Waals surface area (Å²) in [6, 6.07) is 5.07. The Labute approximate surface area is 335 Å². The number of rotatable bonds is 29. The molecule has 0 bridgehead atoms. The van der Waals surface area contributed by atoms with Crippen LogP contribution >= 0.6 is 7.82 Å². The van der Waals surface area contributed by atoms with E-state index in [1.54, 1.807) is 12.1 Å². The number of aliphatic hydroxyl groups excluding tert-OH is 2. The van der Waals surface area contributed by atoms with Gasteiger partial charge < -0.3 is 35.1 Å². The van der Waals surface area contributed by atoms with Crippen molar-refractivity contribution in [1.29, 1.82) is 5.26 Å². The number of nitrogen functional groups attached to an aromatic ring is 1. The molecule has 0 aromatic carbocycles. The fourth-order valence-corrected chi connectivity index (χ4v) is 7.66. The molecule has 17 nitrogen and oxygen atoms in total. The van der Waals surface area contributed by atoms with Gasteiger partial charge in [-0.2, -0.15) is 10.4 Å². The van der Waals surface area contributed by atoms with Crippen molar-refractivity contribution in [1.82, 2.24) is 24.6 Å². The predicted molar refractivity (Wildman–Crippen MR) is 214 cm³/mol. The third-order valence-corrected chi connectivity index (χ3v) is 10.9. The summed E-state index contributed by atoms with van der Waals surface area (Å²) in [6.45, 7) is 1.69. The monoisotopic (exact) mass is 816 g/mol. The van der Waals surface area contributed by atoms with E-state index in [1.807, 2.05) is 6.07 Å². The summed E-state index contributed by atoms with van der Waals surface area (Å²) >= 11 is 0. The first kappa shape index (κ1) is 46.1. The number of nitriles is 1. The van der Waals surface area contributed by atoms with E-state index < -0.39 is 51.1 Å². The van der Waals surface area contributed by atoms with Crippen molar-refractivity contribution in [3.8, 4) is 11.8 Å². The maximum atomic E-state index is 13.1. The summed E-state index contributed by atoms with van der Waals surface area (Å²) in [5, 5.41) is 35.4. The van der Waals surface area contributed by atoms with Crippen molar-refractivity contribution in [2.45, 2.75) is 140 Å². The Hall–Kier alpha value is -3.59. The Bertz CT molecular complexity index is 1730. The lowest BCUT2D eigenvalue weighted by atomic mass is 9.92. The van der Waals surface area contributed by atoms with Crippen LogP contribution in [0.5, 0.6) is 5.75 Å². The van der Waals surface area contributed by atoms with Crippen LogP contribution in [0, 0.1) is 11.3 Å². The number of aromatic nitrogens is 5. The van der Waals surface area contributed by atoms with Gasteiger partial charge in [0, 0.05) is 19.9 Å². The van der Waals surface area contributed by atoms with Crippen molar-refractivity contribution in [3.63, 3.8) is 0 Å². The van der Waals surface area contributed by atoms with Crippen LogP contribution in [0.25, 0.3) is 5.52 Å². The van der Waals surface area contributed by atoms with Crippen molar-refractivity contribution in [2.75, 3.05) is 39.2 Å². The molecule has 0 spiro atoms. The minimum Gasteiger partial charge on any atom is -0.482 e. The molecule has 4 heterocycles. The van der Waals surface area contributed by atoms with E-state index in [0.29, 0.717) is 17.8 Å². The van der Waals surface area contributed by atoms with Crippen LogP contribution in [0.15, 0.2) is 35.8 Å². The number of ether oxygens (including phenoxy) is 3. The normalized spacial score (nSPS) is 21.2. The fourth-order valence-electron chi connectivity index (χ4n) is 6.90. The van der Waals surface area contributed by atoms with Gasteiger partial charge in [-0.05, 0) is 18.6 Å². The molecule has 18 heteroatoms. The lowest BCUT2D eigenvalue weighted by molar-refractivity contribution is -0.0551. The van der Waals surface area contributed by atoms with Crippen LogP contribution in [0.4, 0.5) is 5.82 Å². The number of hydrogen-bond acceptors (Lipinski definition) is 15. The second-order valence-electron chi connectivity index (χ2n) is 14.5. The molecule has 1 unspecified atom stereocenters. The molecule has 316 valence electrons. The largest absolute Gasteiger partial charge is 0.482 e. The van der Waals surface area contributed by atoms with E-state index in [0.717, 1.165) is 19.3 Å². The molecule has 0 amide bonds. The molecule has 6 atom stereocenters. The number of unbranched alkanes of at least 4 members (excludes halogenated alkanes) is 15. The van der Waals surface area contributed by atoms with Crippen molar-refractivity contribution in [2.24, 2.45) is 4.99 Å². The lowest BCUT2D eigenvalue weighted by Crippen LogP contribution is -2.43. The van der Waals surface area contributed by atoms with Gasteiger partial charge >= 0.3 is 7.82 Å². The molecule has 3 aromatic rings. The zero-order chi connectivity index (χ0) is 40.9. The number of aliphatic hydroxyl groups is 2. The van der Waals surface area contributed by atoms with Crippen molar-refractivity contribution < 1.29 is 42.9 Å². The zero-order valence-electron chi connectivity index (χ0n) is 33.4. The van der Waals surface area contributed by atoms with E-state index in [4.69, 9.17) is 34.3 Å². The summed E-state index contributed by atoms with van der Waals surface area (Å²) in [6.07, 6.45) is 20.2. The second kappa shape index (κ2) is 24.4. The van der Waals surface area contributed by atoms with Crippen LogP contribution in [0.2, 0.25) is 0 Å². The molecule has 3 aromatic heterocycles. The fraction of sp³-hybridized carbons (Fsp3) is 0.692. The molecule has 1 fully saturated rings. The Kier molecular flexibility index (Phi) is 19.7. The minimum absolute atomic E-state index is 0.0214. The maximum Gasteiger partial charge on any atom is 0.472 e. The standard InChI is InChI=1S/C39H61N8O9P/c1-3-4-5-6-7-8-9-10-11-12-13-14-15-16-17-18-21-52-25-31(55-30-23-43-35(22-40)44-24-30)26-53-57(50,51)54-27-33-36(48)37(49)39(56-33,28-42-2)34-20-19-32-38(41)45-29-46-47(32)34/h19-20,23-24,28-29,31,33,36-37,48-49H,3-18,21,25-27H2,1-2H3,(H,50,51)(H2,41,45,46)/t31-,33-,36-,37-,39+/m1/s1. The molecule has 4 rings (SSSR count). The van der Waals surface area contributed by atoms with Gasteiger partial charge in [-0.25, -0.2) is 24.0 Å². The third-order valence-electron chi connectivity index (χ3n) is 10.00. The summed E-state index contributed by atoms with van der Waals surface area (Å²) in [5.41, 5.74) is 5.00. The first-order chi connectivity index (χ1) is 27.6. The minimum atomic E-state index is -4.76. The molecule has 1 saturated heterocycles. The Morgan fingerprint density at radius 1 is 0.965 bits per heavy atom. The van der Waals surface area contributed by atoms with Crippen LogP contribution in [-0.2, 0) is 28.7 Å². The molecule has 1 aliphatic heterocycles. The van der Waals surface area contributed by atoms with Gasteiger partial charge in [0.2, 0.25) is 5.82 Å². The number of phosphoric acid groups is 1. The zero-order valence-corrected chi connectivity index (χ0v) is 34.3. The smallest absolute Gasteiger partial charge is 0.472 e. The summed E-state index contributed by atoms with van der Waals surface area (Å²) < 4.78 is 42.9. The van der Waals surface area contributed by atoms with Gasteiger partial charge in [0.1, 0.15) is 42.3 Å². The first-order valence-electron chi connectivity index (χ1n) is 20.3. The molecular weight excluding hydrogens is 755 g/mol. The quantitative estimate of drug-likeness (QED) is 0.0365. The summed E-state index contributed by atoms with van der Waals surface area (Å²) in [7, 11) is -3.29. The molecule has 0 radical (unpaired) electrons. The highest BCUT2D eigenvalue weighted by molar-refractivity contribution is 7.47. The highest BCUT2D eigenvalue weighted by atomic mass is 31.2. The SMILES string of the molecule is CCCCCCCCCCCCCCCCCCOC[C@H](COP(=O)(O)OC[C@H]1O[C@@](C=NC)(c2ccc3c(N)ncnn23)[C@H](O)[C@@H]1O)Oc1cnc(C#N)nc1. The molecular formula is C39H61N8O9P. The number of aliphatic imine (C=N–C) groups is 1. The Balaban J connectivity index is 1.20. The van der Waals surface area contributed by atoms with E-state index in [1.165, 1.54) is 120 Å². The highest BCUT2D eigenvalue weighted by Gasteiger charge is 2.56. The highest BCUT2D eigenvalue weighted by Crippen LogP contribution is 2.46. The molecule has 1 aliphatic rings. The number of phosphoric ester groups is 1. The Morgan fingerprint density at radius 3 is 2.18 bits per heavy atom. The average Bonchev–Trinajstić information content (AvgIpc) is 3.75. The summed E-state index contributed by atoms with van der Waals surface area (Å²) in [4.78, 5) is 26.4. The van der Waals surface area contributed by atoms with Gasteiger partial charge in [-0.1, -0.05) is 103 Å². The number of nitrogens with zero attached hydrogens (tertiary/aromatic N) is 7. The van der Waals surface area contributed by atoms with Crippen LogP contribution in [0.3, 0.4) is 0 Å². The Morgan fingerprint density at radius 2 is 1.58 bits per heavy atom. The second-order valence-corrected chi connectivity index (χ2v) is 15.9. The number of nitrogens with two attached hydrogens (primary N) is 1. The molecule has 5 N–H and O–H groups in total. The van der Waals surface area contributed by atoms with E-state index in [9.17, 15) is 19.7 Å². The van der Waals surface area contributed by atoms with Crippen LogP contribution in [-0.4, -0.2) is 104 Å². The van der Waals surface area contributed by atoms with Crippen LogP contribution < -0.4 is 10.5 Å².